The molecule has 3 unspecified atom stereocenters. The van der Waals surface area contributed by atoms with E-state index >= 15 is 0 Å². The van der Waals surface area contributed by atoms with Crippen molar-refractivity contribution in [1.82, 2.24) is 0 Å². The Kier molecular flexibility index (Phi) is 8.41. The van der Waals surface area contributed by atoms with Crippen molar-refractivity contribution in [3.8, 4) is 0 Å². The highest BCUT2D eigenvalue weighted by Gasteiger charge is 2.22. The summed E-state index contributed by atoms with van der Waals surface area (Å²) in [5.74, 6) is 0. The van der Waals surface area contributed by atoms with Crippen LogP contribution in [0.15, 0.2) is 10.8 Å². The van der Waals surface area contributed by atoms with Crippen LogP contribution in [0.25, 0.3) is 0 Å². The molecule has 0 rings (SSSR count). The zero-order valence-electron chi connectivity index (χ0n) is 9.38. The van der Waals surface area contributed by atoms with Gasteiger partial charge in [0.15, 0.2) is 0 Å². The highest BCUT2D eigenvalue weighted by atomic mass is 35.5. The molecule has 0 fully saturated rings. The molecule has 0 spiro atoms. The van der Waals surface area contributed by atoms with Gasteiger partial charge in [-0.15, -0.1) is 0 Å². The lowest BCUT2D eigenvalue weighted by Crippen LogP contribution is -2.21. The van der Waals surface area contributed by atoms with Crippen LogP contribution in [0, 0.1) is 0 Å². The minimum absolute atomic E-state index is 0.106. The first kappa shape index (κ1) is 17.2. The Bertz CT molecular complexity index is 292. The van der Waals surface area contributed by atoms with E-state index in [0.717, 1.165) is 0 Å². The largest absolute Gasteiger partial charge is 0.527 e. The minimum atomic E-state index is -4.24. The van der Waals surface area contributed by atoms with Crippen molar-refractivity contribution >= 4 is 31.0 Å². The van der Waals surface area contributed by atoms with Crippen molar-refractivity contribution < 1.29 is 28.3 Å². The summed E-state index contributed by atoms with van der Waals surface area (Å²) in [7, 11) is -4.24. The number of halogens is 2. The topological polar surface area (TPSA) is 85.2 Å². The van der Waals surface area contributed by atoms with E-state index in [1.54, 1.807) is 13.8 Å². The smallest absolute Gasteiger partial charge is 0.410 e. The zero-order chi connectivity index (χ0) is 13.5. The number of ether oxygens (including phenoxy) is 1. The first-order valence-electron chi connectivity index (χ1n) is 4.69. The number of phosphoric ester groups is 1. The lowest BCUT2D eigenvalue weighted by molar-refractivity contribution is -0.0177. The molecule has 0 bridgehead atoms. The van der Waals surface area contributed by atoms with E-state index in [1.807, 2.05) is 0 Å². The summed E-state index contributed by atoms with van der Waals surface area (Å²) in [6, 6.07) is 0. The van der Waals surface area contributed by atoms with Crippen LogP contribution in [-0.2, 0) is 18.3 Å². The molecule has 0 saturated carbocycles. The van der Waals surface area contributed by atoms with Gasteiger partial charge in [0, 0.05) is 0 Å². The maximum atomic E-state index is 11.2. The Labute approximate surface area is 110 Å². The van der Waals surface area contributed by atoms with Gasteiger partial charge in [-0.25, -0.2) is 4.57 Å². The van der Waals surface area contributed by atoms with Crippen LogP contribution in [0.4, 0.5) is 0 Å². The van der Waals surface area contributed by atoms with Gasteiger partial charge in [-0.2, -0.15) is 0 Å². The average Bonchev–Trinajstić information content (AvgIpc) is 2.21. The third kappa shape index (κ3) is 11.0. The molecule has 102 valence electrons. The molecule has 0 aliphatic carbocycles. The first-order chi connectivity index (χ1) is 7.73. The van der Waals surface area contributed by atoms with Gasteiger partial charge in [0.1, 0.15) is 10.8 Å². The lowest BCUT2D eigenvalue weighted by atomic mass is 10.4. The van der Waals surface area contributed by atoms with E-state index in [-0.39, 0.29) is 17.7 Å². The minimum Gasteiger partial charge on any atom is -0.410 e. The molecular weight excluding hydrogens is 294 g/mol. The summed E-state index contributed by atoms with van der Waals surface area (Å²) in [5.41, 5.74) is 0. The molecule has 0 radical (unpaired) electrons. The van der Waals surface area contributed by atoms with Gasteiger partial charge in [0.2, 0.25) is 0 Å². The van der Waals surface area contributed by atoms with Crippen LogP contribution < -0.4 is 0 Å². The third-order valence-corrected chi connectivity index (χ3v) is 2.39. The highest BCUT2D eigenvalue weighted by molar-refractivity contribution is 7.47. The van der Waals surface area contributed by atoms with Crippen molar-refractivity contribution in [2.45, 2.75) is 26.1 Å². The molecule has 0 heterocycles. The summed E-state index contributed by atoms with van der Waals surface area (Å²) >= 11 is 10.4. The molecule has 0 aromatic heterocycles. The van der Waals surface area contributed by atoms with E-state index in [4.69, 9.17) is 37.9 Å². The van der Waals surface area contributed by atoms with Crippen LogP contribution in [0.3, 0.4) is 0 Å². The number of aliphatic hydroxyl groups excluding tert-OH is 1. The van der Waals surface area contributed by atoms with Gasteiger partial charge in [0.05, 0.1) is 25.4 Å². The van der Waals surface area contributed by atoms with E-state index in [0.29, 0.717) is 6.26 Å². The first-order valence-corrected chi connectivity index (χ1v) is 6.94. The molecule has 2 N–H and O–H groups in total. The Balaban J connectivity index is 3.92. The Morgan fingerprint density at radius 3 is 2.47 bits per heavy atom. The van der Waals surface area contributed by atoms with Gasteiger partial charge in [-0.1, -0.05) is 23.2 Å². The van der Waals surface area contributed by atoms with Crippen LogP contribution in [0.2, 0.25) is 0 Å². The van der Waals surface area contributed by atoms with Gasteiger partial charge in [-0.05, 0) is 13.8 Å². The summed E-state index contributed by atoms with van der Waals surface area (Å²) in [6.07, 6.45) is -0.387. The van der Waals surface area contributed by atoms with Gasteiger partial charge in [-0.3, -0.25) is 9.42 Å². The van der Waals surface area contributed by atoms with Crippen molar-refractivity contribution in [3.63, 3.8) is 0 Å². The van der Waals surface area contributed by atoms with Gasteiger partial charge < -0.3 is 14.4 Å². The van der Waals surface area contributed by atoms with Crippen LogP contribution in [0.5, 0.6) is 0 Å². The lowest BCUT2D eigenvalue weighted by Gasteiger charge is -2.16. The second kappa shape index (κ2) is 8.32. The predicted octanol–water partition coefficient (Wildman–Crippen LogP) is 2.18. The van der Waals surface area contributed by atoms with E-state index < -0.39 is 20.0 Å². The maximum absolute atomic E-state index is 11.2. The molecule has 0 aliphatic heterocycles. The Hall–Kier alpha value is 0.190. The zero-order valence-corrected chi connectivity index (χ0v) is 11.8. The maximum Gasteiger partial charge on any atom is 0.527 e. The van der Waals surface area contributed by atoms with Crippen LogP contribution in [-0.4, -0.2) is 35.4 Å². The van der Waals surface area contributed by atoms with E-state index in [1.165, 1.54) is 0 Å². The third-order valence-electron chi connectivity index (χ3n) is 1.37. The summed E-state index contributed by atoms with van der Waals surface area (Å²) in [6.45, 7) is 3.11. The Morgan fingerprint density at radius 2 is 2.00 bits per heavy atom. The van der Waals surface area contributed by atoms with Crippen LogP contribution >= 0.6 is 31.0 Å². The number of hydrogen-bond acceptors (Lipinski definition) is 5. The fourth-order valence-electron chi connectivity index (χ4n) is 0.688. The van der Waals surface area contributed by atoms with Crippen LogP contribution in [0.1, 0.15) is 13.8 Å². The molecule has 0 saturated heterocycles. The summed E-state index contributed by atoms with van der Waals surface area (Å²) < 4.78 is 24.9. The molecule has 0 amide bonds. The number of rotatable bonds is 8. The van der Waals surface area contributed by atoms with Gasteiger partial charge in [0.25, 0.3) is 0 Å². The molecule has 3 atom stereocenters. The SMILES string of the molecule is CC(O)COC(C)COP(=O)(O)OC=C(Cl)Cl. The molecule has 0 aliphatic rings. The fourth-order valence-corrected chi connectivity index (χ4v) is 1.60. The van der Waals surface area contributed by atoms with Crippen molar-refractivity contribution in [2.24, 2.45) is 0 Å². The summed E-state index contributed by atoms with van der Waals surface area (Å²) in [4.78, 5) is 9.13. The van der Waals surface area contributed by atoms with Crippen molar-refractivity contribution in [3.05, 3.63) is 10.8 Å². The monoisotopic (exact) mass is 308 g/mol. The number of hydrogen-bond donors (Lipinski definition) is 2. The molecule has 6 nitrogen and oxygen atoms in total. The number of phosphoric acid groups is 1. The standard InChI is InChI=1S/C8H15Cl2O6P/c1-6(11)3-14-7(2)4-15-17(12,13)16-5-8(9)10/h5-7,11H,3-4H2,1-2H3,(H,12,13). The molecule has 9 heteroatoms. The van der Waals surface area contributed by atoms with Gasteiger partial charge >= 0.3 is 7.82 Å². The number of aliphatic hydroxyl groups is 1. The van der Waals surface area contributed by atoms with E-state index in [2.05, 4.69) is 9.05 Å². The highest BCUT2D eigenvalue weighted by Crippen LogP contribution is 2.44. The summed E-state index contributed by atoms with van der Waals surface area (Å²) in [5, 5.41) is 8.94. The quantitative estimate of drug-likeness (QED) is 0.528. The molecular formula is C8H15Cl2O6P. The second-order valence-corrected chi connectivity index (χ2v) is 5.68. The normalized spacial score (nSPS) is 18.0. The van der Waals surface area contributed by atoms with Crippen molar-refractivity contribution in [2.75, 3.05) is 13.2 Å². The molecule has 17 heavy (non-hydrogen) atoms. The van der Waals surface area contributed by atoms with Crippen molar-refractivity contribution in [1.29, 1.82) is 0 Å². The molecule has 0 aromatic rings. The fraction of sp³-hybridized carbons (Fsp3) is 0.750. The average molecular weight is 309 g/mol. The molecule has 0 aromatic carbocycles. The Morgan fingerprint density at radius 1 is 1.41 bits per heavy atom. The predicted molar refractivity (Wildman–Crippen MR) is 63.7 cm³/mol. The second-order valence-electron chi connectivity index (χ2n) is 3.27. The van der Waals surface area contributed by atoms with E-state index in [9.17, 15) is 4.57 Å².